The second-order valence-corrected chi connectivity index (χ2v) is 14.8. The lowest BCUT2D eigenvalue weighted by atomic mass is 10.2. The number of pyridine rings is 2. The summed E-state index contributed by atoms with van der Waals surface area (Å²) in [6.45, 7) is 7.07. The van der Waals surface area contributed by atoms with Crippen molar-refractivity contribution in [1.29, 1.82) is 0 Å². The molecule has 6 aromatic rings. The number of ether oxygens (including phenoxy) is 4. The van der Waals surface area contributed by atoms with Gasteiger partial charge in [-0.3, -0.25) is 9.97 Å². The van der Waals surface area contributed by atoms with Crippen LogP contribution in [0, 0.1) is 6.92 Å². The van der Waals surface area contributed by atoms with Crippen molar-refractivity contribution in [2.24, 2.45) is 0 Å². The van der Waals surface area contributed by atoms with E-state index in [0.717, 1.165) is 48.9 Å². The van der Waals surface area contributed by atoms with Crippen LogP contribution in [0.15, 0.2) is 165 Å². The molecule has 0 spiro atoms. The highest BCUT2D eigenvalue weighted by atomic mass is 32.2. The normalized spacial score (nSPS) is 11.6. The average molecular weight is 737 g/mol. The lowest BCUT2D eigenvalue weighted by Crippen LogP contribution is -2.16. The molecule has 0 saturated carbocycles. The molecule has 11 heteroatoms. The Kier molecular flexibility index (Phi) is 13.8. The fourth-order valence-electron chi connectivity index (χ4n) is 4.89. The zero-order chi connectivity index (χ0) is 36.8. The summed E-state index contributed by atoms with van der Waals surface area (Å²) in [6.07, 6.45) is 3.24. The Morgan fingerprint density at radius 2 is 1.19 bits per heavy atom. The van der Waals surface area contributed by atoms with Gasteiger partial charge in [-0.05, 0) is 106 Å². The van der Waals surface area contributed by atoms with Gasteiger partial charge < -0.3 is 23.5 Å². The van der Waals surface area contributed by atoms with E-state index >= 15 is 0 Å². The zero-order valence-electron chi connectivity index (χ0n) is 29.1. The molecule has 9 nitrogen and oxygen atoms in total. The summed E-state index contributed by atoms with van der Waals surface area (Å²) in [5.41, 5.74) is 2.69. The molecule has 0 aliphatic heterocycles. The number of nitrogens with zero attached hydrogens (tertiary/aromatic N) is 2. The first kappa shape index (κ1) is 38.0. The minimum Gasteiger partial charge on any atom is -0.744 e. The first-order valence-electron chi connectivity index (χ1n) is 16.6. The smallest absolute Gasteiger partial charge is 0.196 e. The molecular weight excluding hydrogens is 697 g/mol. The third kappa shape index (κ3) is 11.7. The summed E-state index contributed by atoms with van der Waals surface area (Å²) < 4.78 is 54.9. The molecule has 0 bridgehead atoms. The van der Waals surface area contributed by atoms with Gasteiger partial charge in [-0.1, -0.05) is 42.0 Å². The summed E-state index contributed by atoms with van der Waals surface area (Å²) in [4.78, 5) is 12.0. The average Bonchev–Trinajstić information content (AvgIpc) is 3.15. The second kappa shape index (κ2) is 18.9. The molecular formula is C41H40N2O7S2. The molecule has 2 heterocycles. The van der Waals surface area contributed by atoms with E-state index in [1.807, 2.05) is 93.6 Å². The maximum absolute atomic E-state index is 10.4. The fourth-order valence-corrected chi connectivity index (χ4v) is 7.48. The molecule has 52 heavy (non-hydrogen) atoms. The van der Waals surface area contributed by atoms with Crippen molar-refractivity contribution in [3.05, 3.63) is 163 Å². The highest BCUT2D eigenvalue weighted by Gasteiger charge is 2.30. The molecule has 0 fully saturated rings. The van der Waals surface area contributed by atoms with Crippen molar-refractivity contribution >= 4 is 21.0 Å². The van der Waals surface area contributed by atoms with E-state index in [4.69, 9.17) is 18.9 Å². The van der Waals surface area contributed by atoms with Gasteiger partial charge in [0.2, 0.25) is 0 Å². The molecule has 0 radical (unpaired) electrons. The van der Waals surface area contributed by atoms with Gasteiger partial charge in [0.1, 0.15) is 40.6 Å². The van der Waals surface area contributed by atoms with Crippen molar-refractivity contribution in [2.75, 3.05) is 6.61 Å². The minimum atomic E-state index is -4.27. The summed E-state index contributed by atoms with van der Waals surface area (Å²) in [5, 5.41) is 0. The van der Waals surface area contributed by atoms with Crippen LogP contribution in [-0.4, -0.2) is 35.8 Å². The Morgan fingerprint density at radius 3 is 1.65 bits per heavy atom. The van der Waals surface area contributed by atoms with Crippen LogP contribution in [0.2, 0.25) is 0 Å². The van der Waals surface area contributed by atoms with Crippen molar-refractivity contribution in [3.8, 4) is 17.2 Å². The fraction of sp³-hybridized carbons (Fsp3) is 0.171. The van der Waals surface area contributed by atoms with Gasteiger partial charge >= 0.3 is 0 Å². The van der Waals surface area contributed by atoms with E-state index in [1.165, 1.54) is 12.1 Å². The molecule has 268 valence electrons. The molecule has 0 aliphatic rings. The van der Waals surface area contributed by atoms with Crippen molar-refractivity contribution in [1.82, 2.24) is 9.97 Å². The number of aromatic nitrogens is 2. The number of rotatable bonds is 14. The van der Waals surface area contributed by atoms with Crippen LogP contribution >= 0.6 is 0 Å². The van der Waals surface area contributed by atoms with Crippen LogP contribution < -0.4 is 14.2 Å². The third-order valence-electron chi connectivity index (χ3n) is 7.38. The zero-order valence-corrected chi connectivity index (χ0v) is 30.8. The van der Waals surface area contributed by atoms with Crippen LogP contribution in [0.4, 0.5) is 0 Å². The molecule has 2 aromatic heterocycles. The van der Waals surface area contributed by atoms with Gasteiger partial charge in [0.25, 0.3) is 0 Å². The third-order valence-corrected chi connectivity index (χ3v) is 10.4. The maximum atomic E-state index is 10.4. The number of benzene rings is 4. The van der Waals surface area contributed by atoms with Crippen LogP contribution in [0.3, 0.4) is 0 Å². The first-order valence-corrected chi connectivity index (χ1v) is 19.2. The predicted molar refractivity (Wildman–Crippen MR) is 199 cm³/mol. The summed E-state index contributed by atoms with van der Waals surface area (Å²) >= 11 is 0. The Hall–Kier alpha value is -5.20. The van der Waals surface area contributed by atoms with Gasteiger partial charge in [-0.2, -0.15) is 0 Å². The monoisotopic (exact) mass is 736 g/mol. The van der Waals surface area contributed by atoms with E-state index in [1.54, 1.807) is 24.5 Å². The molecule has 1 unspecified atom stereocenters. The largest absolute Gasteiger partial charge is 0.744 e. The number of aryl methyl sites for hydroxylation is 1. The standard InChI is InChI=1S/C34H33N2O4S.C7H8O3S/c1-3-37-26(2)40-29-16-18-32(19-17-29)41(33-14-8-12-30(22-33)38-24-27-10-4-6-20-35-27)34-15-9-13-31(23-34)39-25-28-11-5-7-21-36-28;1-6-2-4-7(5-3-6)11(8,9)10/h4-23,26H,3,24-25H2,1-2H3;2-5H,1H3,(H,8,9,10)/q+1;/p-1. The van der Waals surface area contributed by atoms with Gasteiger partial charge in [-0.15, -0.1) is 0 Å². The Morgan fingerprint density at radius 1 is 0.654 bits per heavy atom. The van der Waals surface area contributed by atoms with E-state index in [0.29, 0.717) is 19.8 Å². The van der Waals surface area contributed by atoms with Crippen molar-refractivity contribution < 1.29 is 31.9 Å². The van der Waals surface area contributed by atoms with Crippen LogP contribution in [0.1, 0.15) is 30.8 Å². The number of hydrogen-bond donors (Lipinski definition) is 0. The van der Waals surface area contributed by atoms with Crippen LogP contribution in [0.5, 0.6) is 17.2 Å². The van der Waals surface area contributed by atoms with E-state index in [-0.39, 0.29) is 11.2 Å². The van der Waals surface area contributed by atoms with E-state index < -0.39 is 21.0 Å². The summed E-state index contributed by atoms with van der Waals surface area (Å²) in [5.74, 6) is 2.34. The lowest BCUT2D eigenvalue weighted by Gasteiger charge is -2.15. The van der Waals surface area contributed by atoms with Gasteiger partial charge in [-0.25, -0.2) is 8.42 Å². The van der Waals surface area contributed by atoms with Crippen LogP contribution in [0.25, 0.3) is 0 Å². The van der Waals surface area contributed by atoms with Gasteiger partial charge in [0, 0.05) is 31.1 Å². The second-order valence-electron chi connectivity index (χ2n) is 11.4. The molecule has 0 N–H and O–H groups in total. The molecule has 6 rings (SSSR count). The van der Waals surface area contributed by atoms with E-state index in [2.05, 4.69) is 46.4 Å². The quantitative estimate of drug-likeness (QED) is 0.0617. The topological polar surface area (TPSA) is 120 Å². The molecule has 0 saturated heterocycles. The predicted octanol–water partition coefficient (Wildman–Crippen LogP) is 8.39. The minimum absolute atomic E-state index is 0.178. The maximum Gasteiger partial charge on any atom is 0.196 e. The van der Waals surface area contributed by atoms with Gasteiger partial charge in [0.15, 0.2) is 21.0 Å². The lowest BCUT2D eigenvalue weighted by molar-refractivity contribution is -0.0613. The Balaban J connectivity index is 0.000000407. The Bertz CT molecular complexity index is 2000. The van der Waals surface area contributed by atoms with Crippen molar-refractivity contribution in [3.63, 3.8) is 0 Å². The van der Waals surface area contributed by atoms with E-state index in [9.17, 15) is 13.0 Å². The van der Waals surface area contributed by atoms with Crippen LogP contribution in [-0.2, 0) is 39.0 Å². The van der Waals surface area contributed by atoms with Gasteiger partial charge in [0.05, 0.1) is 27.2 Å². The highest BCUT2D eigenvalue weighted by Crippen LogP contribution is 2.35. The molecule has 4 aromatic carbocycles. The molecule has 0 aliphatic carbocycles. The molecule has 1 atom stereocenters. The number of hydrogen-bond acceptors (Lipinski definition) is 9. The van der Waals surface area contributed by atoms with Crippen molar-refractivity contribution in [2.45, 2.75) is 59.9 Å². The molecule has 0 amide bonds. The Labute approximate surface area is 308 Å². The SMILES string of the molecule is CCOC(C)Oc1ccc([S+](c2cccc(OCc3ccccn3)c2)c2cccc(OCc3ccccn3)c2)cc1.Cc1ccc(S(=O)(=O)[O-])cc1. The summed E-state index contributed by atoms with van der Waals surface area (Å²) in [6, 6.07) is 42.2. The highest BCUT2D eigenvalue weighted by molar-refractivity contribution is 7.97. The summed E-state index contributed by atoms with van der Waals surface area (Å²) in [7, 11) is -4.70. The first-order chi connectivity index (χ1) is 25.2.